The van der Waals surface area contributed by atoms with E-state index < -0.39 is 0 Å². The monoisotopic (exact) mass is 339 g/mol. The molecule has 0 spiro atoms. The van der Waals surface area contributed by atoms with Crippen LogP contribution in [0.25, 0.3) is 0 Å². The molecule has 1 unspecified atom stereocenters. The number of benzene rings is 1. The molecule has 2 rings (SSSR count). The van der Waals surface area contributed by atoms with Crippen LogP contribution in [0.15, 0.2) is 28.7 Å². The summed E-state index contributed by atoms with van der Waals surface area (Å²) >= 11 is 3.57. The van der Waals surface area contributed by atoms with Crippen molar-refractivity contribution in [3.05, 3.63) is 34.3 Å². The van der Waals surface area contributed by atoms with Crippen LogP contribution < -0.4 is 5.32 Å². The van der Waals surface area contributed by atoms with E-state index in [2.05, 4.69) is 52.4 Å². The Morgan fingerprint density at radius 2 is 2.20 bits per heavy atom. The second-order valence-corrected chi connectivity index (χ2v) is 6.60. The molecule has 0 amide bonds. The van der Waals surface area contributed by atoms with Crippen molar-refractivity contribution >= 4 is 15.9 Å². The molecule has 0 aromatic heterocycles. The van der Waals surface area contributed by atoms with Crippen LogP contribution in [0, 0.1) is 0 Å². The normalized spacial score (nSPS) is 16.3. The predicted molar refractivity (Wildman–Crippen MR) is 88.3 cm³/mol. The number of hydrogen-bond donors (Lipinski definition) is 1. The maximum Gasteiger partial charge on any atom is 0.0472 e. The van der Waals surface area contributed by atoms with Gasteiger partial charge < -0.3 is 10.1 Å². The van der Waals surface area contributed by atoms with E-state index in [0.717, 1.165) is 32.2 Å². The van der Waals surface area contributed by atoms with Crippen molar-refractivity contribution in [1.29, 1.82) is 0 Å². The van der Waals surface area contributed by atoms with Crippen LogP contribution >= 0.6 is 15.9 Å². The van der Waals surface area contributed by atoms with E-state index in [4.69, 9.17) is 4.74 Å². The molecule has 0 heterocycles. The van der Waals surface area contributed by atoms with E-state index in [1.807, 2.05) is 0 Å². The fraction of sp³-hybridized carbons (Fsp3) is 0.647. The summed E-state index contributed by atoms with van der Waals surface area (Å²) in [5.41, 5.74) is 1.41. The van der Waals surface area contributed by atoms with Crippen molar-refractivity contribution in [1.82, 2.24) is 5.32 Å². The van der Waals surface area contributed by atoms with Gasteiger partial charge in [0.1, 0.15) is 0 Å². The molecule has 1 saturated carbocycles. The minimum absolute atomic E-state index is 0.551. The Kier molecular flexibility index (Phi) is 7.05. The van der Waals surface area contributed by atoms with Crippen molar-refractivity contribution in [2.45, 2.75) is 51.0 Å². The Balaban J connectivity index is 1.82. The zero-order chi connectivity index (χ0) is 14.2. The highest BCUT2D eigenvalue weighted by molar-refractivity contribution is 9.10. The van der Waals surface area contributed by atoms with Crippen LogP contribution in [0.5, 0.6) is 0 Å². The van der Waals surface area contributed by atoms with Gasteiger partial charge in [-0.15, -0.1) is 0 Å². The smallest absolute Gasteiger partial charge is 0.0472 e. The van der Waals surface area contributed by atoms with E-state index in [0.29, 0.717) is 5.92 Å². The molecular weight excluding hydrogens is 314 g/mol. The highest BCUT2D eigenvalue weighted by atomic mass is 79.9. The largest absolute Gasteiger partial charge is 0.381 e. The number of halogens is 1. The van der Waals surface area contributed by atoms with Crippen LogP contribution in [0.3, 0.4) is 0 Å². The van der Waals surface area contributed by atoms with Gasteiger partial charge in [-0.25, -0.2) is 0 Å². The fourth-order valence-corrected chi connectivity index (χ4v) is 2.73. The molecule has 0 aliphatic heterocycles. The lowest BCUT2D eigenvalue weighted by molar-refractivity contribution is 0.124. The number of unbranched alkanes of at least 4 members (excludes halogenated alkanes) is 1. The molecule has 1 N–H and O–H groups in total. The van der Waals surface area contributed by atoms with E-state index in [1.54, 1.807) is 0 Å². The van der Waals surface area contributed by atoms with Crippen molar-refractivity contribution in [3.8, 4) is 0 Å². The SMILES string of the molecule is CCCCOCCC(CNC1CC1)c1cccc(Br)c1. The zero-order valence-electron chi connectivity index (χ0n) is 12.4. The lowest BCUT2D eigenvalue weighted by atomic mass is 9.96. The minimum Gasteiger partial charge on any atom is -0.381 e. The number of rotatable bonds is 10. The van der Waals surface area contributed by atoms with Crippen molar-refractivity contribution in [3.63, 3.8) is 0 Å². The number of ether oxygens (including phenoxy) is 1. The Morgan fingerprint density at radius 3 is 2.90 bits per heavy atom. The van der Waals surface area contributed by atoms with Crippen LogP contribution in [0.2, 0.25) is 0 Å². The highest BCUT2D eigenvalue weighted by Gasteiger charge is 2.22. The Hall–Kier alpha value is -0.380. The molecule has 1 aliphatic rings. The van der Waals surface area contributed by atoms with Crippen molar-refractivity contribution in [2.75, 3.05) is 19.8 Å². The molecule has 2 nitrogen and oxygen atoms in total. The van der Waals surface area contributed by atoms with Gasteiger partial charge in [-0.2, -0.15) is 0 Å². The Bertz CT molecular complexity index is 392. The van der Waals surface area contributed by atoms with Crippen LogP contribution in [-0.4, -0.2) is 25.8 Å². The quantitative estimate of drug-likeness (QED) is 0.634. The maximum absolute atomic E-state index is 5.74. The van der Waals surface area contributed by atoms with Gasteiger partial charge in [0, 0.05) is 30.3 Å². The Morgan fingerprint density at radius 1 is 1.35 bits per heavy atom. The molecule has 112 valence electrons. The lowest BCUT2D eigenvalue weighted by Crippen LogP contribution is -2.24. The molecule has 0 radical (unpaired) electrons. The Labute approximate surface area is 131 Å². The van der Waals surface area contributed by atoms with Gasteiger partial charge in [-0.05, 0) is 49.3 Å². The summed E-state index contributed by atoms with van der Waals surface area (Å²) in [5.74, 6) is 0.551. The van der Waals surface area contributed by atoms with Crippen LogP contribution in [-0.2, 0) is 4.74 Å². The topological polar surface area (TPSA) is 21.3 Å². The van der Waals surface area contributed by atoms with Gasteiger partial charge in [0.15, 0.2) is 0 Å². The molecular formula is C17H26BrNO. The summed E-state index contributed by atoms with van der Waals surface area (Å²) in [7, 11) is 0. The zero-order valence-corrected chi connectivity index (χ0v) is 14.0. The first-order valence-corrected chi connectivity index (χ1v) is 8.65. The number of hydrogen-bond acceptors (Lipinski definition) is 2. The van der Waals surface area contributed by atoms with Gasteiger partial charge in [0.2, 0.25) is 0 Å². The van der Waals surface area contributed by atoms with E-state index >= 15 is 0 Å². The average molecular weight is 340 g/mol. The molecule has 20 heavy (non-hydrogen) atoms. The summed E-state index contributed by atoms with van der Waals surface area (Å²) in [6, 6.07) is 9.46. The lowest BCUT2D eigenvalue weighted by Gasteiger charge is -2.18. The van der Waals surface area contributed by atoms with Crippen molar-refractivity contribution in [2.24, 2.45) is 0 Å². The molecule has 0 saturated heterocycles. The van der Waals surface area contributed by atoms with Gasteiger partial charge in [0.25, 0.3) is 0 Å². The van der Waals surface area contributed by atoms with Gasteiger partial charge >= 0.3 is 0 Å². The average Bonchev–Trinajstić information content (AvgIpc) is 3.26. The number of nitrogens with one attached hydrogen (secondary N) is 1. The molecule has 1 fully saturated rings. The highest BCUT2D eigenvalue weighted by Crippen LogP contribution is 2.25. The second kappa shape index (κ2) is 8.81. The molecule has 1 aromatic carbocycles. The standard InChI is InChI=1S/C17H26BrNO/c1-2-3-10-20-11-9-15(13-19-17-7-8-17)14-5-4-6-16(18)12-14/h4-6,12,15,17,19H,2-3,7-11,13H2,1H3. The summed E-state index contributed by atoms with van der Waals surface area (Å²) in [5, 5.41) is 3.66. The molecule has 0 bridgehead atoms. The van der Waals surface area contributed by atoms with Gasteiger partial charge in [0.05, 0.1) is 0 Å². The first kappa shape index (κ1) is 16.0. The summed E-state index contributed by atoms with van der Waals surface area (Å²) in [6.07, 6.45) is 6.16. The molecule has 1 aliphatic carbocycles. The van der Waals surface area contributed by atoms with Crippen LogP contribution in [0.4, 0.5) is 0 Å². The first-order valence-electron chi connectivity index (χ1n) is 7.86. The van der Waals surface area contributed by atoms with Crippen LogP contribution in [0.1, 0.15) is 50.5 Å². The summed E-state index contributed by atoms with van der Waals surface area (Å²) in [6.45, 7) is 5.03. The maximum atomic E-state index is 5.74. The molecule has 1 aromatic rings. The fourth-order valence-electron chi connectivity index (χ4n) is 2.32. The van der Waals surface area contributed by atoms with Gasteiger partial charge in [-0.3, -0.25) is 0 Å². The van der Waals surface area contributed by atoms with E-state index in [1.165, 1.54) is 35.7 Å². The molecule has 3 heteroatoms. The molecule has 1 atom stereocenters. The first-order chi connectivity index (χ1) is 9.79. The summed E-state index contributed by atoms with van der Waals surface area (Å²) < 4.78 is 6.90. The van der Waals surface area contributed by atoms with Crippen molar-refractivity contribution < 1.29 is 4.74 Å². The third kappa shape index (κ3) is 5.94. The van der Waals surface area contributed by atoms with Gasteiger partial charge in [-0.1, -0.05) is 41.4 Å². The minimum atomic E-state index is 0.551. The van der Waals surface area contributed by atoms with E-state index in [-0.39, 0.29) is 0 Å². The van der Waals surface area contributed by atoms with E-state index in [9.17, 15) is 0 Å². The summed E-state index contributed by atoms with van der Waals surface area (Å²) in [4.78, 5) is 0. The second-order valence-electron chi connectivity index (χ2n) is 5.69. The predicted octanol–water partition coefficient (Wildman–Crippen LogP) is 4.49. The third-order valence-electron chi connectivity index (χ3n) is 3.80. The third-order valence-corrected chi connectivity index (χ3v) is 4.30.